The van der Waals surface area contributed by atoms with E-state index in [1.165, 1.54) is 25.2 Å². The highest BCUT2D eigenvalue weighted by Gasteiger charge is 2.34. The monoisotopic (exact) mass is 371 g/mol. The van der Waals surface area contributed by atoms with E-state index in [-0.39, 0.29) is 30.4 Å². The average Bonchev–Trinajstić information content (AvgIpc) is 2.93. The molecule has 0 unspecified atom stereocenters. The molecule has 1 aromatic carbocycles. The molecule has 1 aromatic rings. The number of sulfone groups is 1. The molecule has 1 aliphatic rings. The molecule has 2 rings (SSSR count). The molecule has 0 radical (unpaired) electrons. The zero-order valence-corrected chi connectivity index (χ0v) is 14.9. The third-order valence-corrected chi connectivity index (χ3v) is 5.87. The summed E-state index contributed by atoms with van der Waals surface area (Å²) < 4.78 is 33.6. The van der Waals surface area contributed by atoms with Crippen LogP contribution in [0.4, 0.5) is 0 Å². The van der Waals surface area contributed by atoms with Crippen LogP contribution in [0, 0.1) is 0 Å². The topological polar surface area (TPSA) is 110 Å². The Morgan fingerprint density at radius 1 is 1.20 bits per heavy atom. The fourth-order valence-corrected chi connectivity index (χ4v) is 4.60. The largest absolute Gasteiger partial charge is 0.493 e. The molecule has 0 spiro atoms. The number of aliphatic carboxylic acids is 1. The zero-order valence-electron chi connectivity index (χ0n) is 14.1. The number of ketones is 1. The summed E-state index contributed by atoms with van der Waals surface area (Å²) in [6.07, 6.45) is 0.328. The van der Waals surface area contributed by atoms with Gasteiger partial charge in [-0.1, -0.05) is 0 Å². The van der Waals surface area contributed by atoms with E-state index in [1.807, 2.05) is 0 Å². The summed E-state index contributed by atoms with van der Waals surface area (Å²) in [4.78, 5) is 25.0. The number of carboxylic acids is 1. The van der Waals surface area contributed by atoms with Gasteiger partial charge in [0.1, 0.15) is 0 Å². The van der Waals surface area contributed by atoms with Crippen molar-refractivity contribution in [3.05, 3.63) is 23.8 Å². The van der Waals surface area contributed by atoms with Gasteiger partial charge in [-0.25, -0.2) is 8.42 Å². The lowest BCUT2D eigenvalue weighted by Crippen LogP contribution is -2.43. The van der Waals surface area contributed by atoms with Crippen LogP contribution in [0.3, 0.4) is 0 Å². The predicted octanol–water partition coefficient (Wildman–Crippen LogP) is 0.460. The zero-order chi connectivity index (χ0) is 18.6. The van der Waals surface area contributed by atoms with Gasteiger partial charge in [0.15, 0.2) is 27.1 Å². The molecule has 1 saturated heterocycles. The third-order valence-electron chi connectivity index (χ3n) is 4.12. The van der Waals surface area contributed by atoms with Gasteiger partial charge in [-0.3, -0.25) is 14.5 Å². The molecule has 25 heavy (non-hydrogen) atoms. The van der Waals surface area contributed by atoms with E-state index in [1.54, 1.807) is 12.1 Å². The molecule has 0 amide bonds. The minimum atomic E-state index is -3.18. The summed E-state index contributed by atoms with van der Waals surface area (Å²) in [5.74, 6) is -0.668. The number of methoxy groups -OCH3 is 2. The number of ether oxygens (including phenoxy) is 2. The fraction of sp³-hybridized carbons (Fsp3) is 0.500. The number of nitrogens with zero attached hydrogens (tertiary/aromatic N) is 1. The van der Waals surface area contributed by atoms with E-state index in [2.05, 4.69) is 0 Å². The summed E-state index contributed by atoms with van der Waals surface area (Å²) in [6, 6.07) is 4.21. The van der Waals surface area contributed by atoms with Crippen LogP contribution in [0.15, 0.2) is 18.2 Å². The first-order chi connectivity index (χ1) is 11.8. The van der Waals surface area contributed by atoms with Gasteiger partial charge in [-0.05, 0) is 24.6 Å². The predicted molar refractivity (Wildman–Crippen MR) is 90.1 cm³/mol. The van der Waals surface area contributed by atoms with Crippen LogP contribution in [0.2, 0.25) is 0 Å². The van der Waals surface area contributed by atoms with Gasteiger partial charge < -0.3 is 14.6 Å². The summed E-state index contributed by atoms with van der Waals surface area (Å²) in [6.45, 7) is -0.568. The van der Waals surface area contributed by atoms with E-state index in [9.17, 15) is 18.0 Å². The second-order valence-electron chi connectivity index (χ2n) is 5.85. The molecular formula is C16H21NO7S. The minimum Gasteiger partial charge on any atom is -0.493 e. The molecule has 0 saturated carbocycles. The quantitative estimate of drug-likeness (QED) is 0.656. The number of carbonyl (C=O) groups excluding carboxylic acids is 1. The first kappa shape index (κ1) is 19.2. The van der Waals surface area contributed by atoms with E-state index in [4.69, 9.17) is 14.6 Å². The van der Waals surface area contributed by atoms with Crippen LogP contribution in [0.5, 0.6) is 11.5 Å². The highest BCUT2D eigenvalue weighted by Crippen LogP contribution is 2.28. The van der Waals surface area contributed by atoms with E-state index in [0.717, 1.165) is 0 Å². The van der Waals surface area contributed by atoms with Gasteiger partial charge in [0.25, 0.3) is 0 Å². The van der Waals surface area contributed by atoms with Crippen molar-refractivity contribution in [3.63, 3.8) is 0 Å². The molecule has 1 heterocycles. The maximum Gasteiger partial charge on any atom is 0.317 e. The molecule has 9 heteroatoms. The highest BCUT2D eigenvalue weighted by atomic mass is 32.2. The lowest BCUT2D eigenvalue weighted by Gasteiger charge is -2.25. The second kappa shape index (κ2) is 7.83. The lowest BCUT2D eigenvalue weighted by molar-refractivity contribution is -0.138. The molecule has 138 valence electrons. The first-order valence-electron chi connectivity index (χ1n) is 7.67. The molecular weight excluding hydrogens is 350 g/mol. The van der Waals surface area contributed by atoms with E-state index in [0.29, 0.717) is 23.5 Å². The Morgan fingerprint density at radius 2 is 1.88 bits per heavy atom. The number of Topliss-reactive ketones (excluding diaryl/α,β-unsaturated/α-hetero) is 1. The van der Waals surface area contributed by atoms with Crippen LogP contribution >= 0.6 is 0 Å². The van der Waals surface area contributed by atoms with Crippen molar-refractivity contribution >= 4 is 21.6 Å². The summed E-state index contributed by atoms with van der Waals surface area (Å²) in [7, 11) is -0.248. The van der Waals surface area contributed by atoms with Crippen molar-refractivity contribution in [1.29, 1.82) is 0 Å². The molecule has 0 bridgehead atoms. The number of benzene rings is 1. The van der Waals surface area contributed by atoms with Gasteiger partial charge in [-0.2, -0.15) is 0 Å². The van der Waals surface area contributed by atoms with Crippen molar-refractivity contribution in [2.24, 2.45) is 0 Å². The number of hydrogen-bond acceptors (Lipinski definition) is 7. The van der Waals surface area contributed by atoms with Crippen molar-refractivity contribution in [3.8, 4) is 11.5 Å². The van der Waals surface area contributed by atoms with Gasteiger partial charge in [0.2, 0.25) is 0 Å². The molecule has 0 aliphatic carbocycles. The Morgan fingerprint density at radius 3 is 2.40 bits per heavy atom. The maximum absolute atomic E-state index is 12.5. The fourth-order valence-electron chi connectivity index (χ4n) is 2.84. The average molecular weight is 371 g/mol. The Kier molecular flexibility index (Phi) is 6.02. The Hall–Kier alpha value is -2.13. The molecule has 1 N–H and O–H groups in total. The minimum absolute atomic E-state index is 0.0122. The van der Waals surface area contributed by atoms with Crippen molar-refractivity contribution in [1.82, 2.24) is 4.90 Å². The van der Waals surface area contributed by atoms with Crippen LogP contribution in [-0.4, -0.2) is 75.0 Å². The number of carboxylic acid groups (broad SMARTS) is 1. The van der Waals surface area contributed by atoms with E-state index >= 15 is 0 Å². The maximum atomic E-state index is 12.5. The summed E-state index contributed by atoms with van der Waals surface area (Å²) >= 11 is 0. The van der Waals surface area contributed by atoms with Gasteiger partial charge in [0.05, 0.1) is 38.8 Å². The van der Waals surface area contributed by atoms with Crippen molar-refractivity contribution in [2.75, 3.05) is 38.8 Å². The first-order valence-corrected chi connectivity index (χ1v) is 9.49. The molecule has 8 nitrogen and oxygen atoms in total. The van der Waals surface area contributed by atoms with Crippen molar-refractivity contribution in [2.45, 2.75) is 12.5 Å². The molecule has 1 aliphatic heterocycles. The van der Waals surface area contributed by atoms with Crippen LogP contribution < -0.4 is 9.47 Å². The standard InChI is InChI=1S/C16H21NO7S/c1-23-14-4-3-11(7-15(14)24-2)13(18)8-17(9-16(19)20)12-5-6-25(21,22)10-12/h3-4,7,12H,5-6,8-10H2,1-2H3,(H,19,20)/t12-/m1/s1. The highest BCUT2D eigenvalue weighted by molar-refractivity contribution is 7.91. The summed E-state index contributed by atoms with van der Waals surface area (Å²) in [5, 5.41) is 9.07. The van der Waals surface area contributed by atoms with Crippen LogP contribution in [-0.2, 0) is 14.6 Å². The molecule has 0 aromatic heterocycles. The smallest absolute Gasteiger partial charge is 0.317 e. The Bertz CT molecular complexity index is 760. The second-order valence-corrected chi connectivity index (χ2v) is 8.08. The molecule has 1 atom stereocenters. The normalized spacial score (nSPS) is 18.9. The van der Waals surface area contributed by atoms with E-state index < -0.39 is 21.8 Å². The van der Waals surface area contributed by atoms with Gasteiger partial charge >= 0.3 is 5.97 Å². The number of rotatable bonds is 8. The lowest BCUT2D eigenvalue weighted by atomic mass is 10.1. The third kappa shape index (κ3) is 4.93. The SMILES string of the molecule is COc1ccc(C(=O)CN(CC(=O)O)[C@@H]2CCS(=O)(=O)C2)cc1OC. The Balaban J connectivity index is 2.18. The van der Waals surface area contributed by atoms with Gasteiger partial charge in [-0.15, -0.1) is 0 Å². The van der Waals surface area contributed by atoms with Gasteiger partial charge in [0, 0.05) is 11.6 Å². The van der Waals surface area contributed by atoms with Crippen molar-refractivity contribution < 1.29 is 32.6 Å². The Labute approximate surface area is 146 Å². The number of hydrogen-bond donors (Lipinski definition) is 1. The van der Waals surface area contributed by atoms with Crippen LogP contribution in [0.1, 0.15) is 16.8 Å². The number of carbonyl (C=O) groups is 2. The molecule has 1 fully saturated rings. The summed E-state index contributed by atoms with van der Waals surface area (Å²) in [5.41, 5.74) is 0.342. The van der Waals surface area contributed by atoms with Crippen LogP contribution in [0.25, 0.3) is 0 Å².